The van der Waals surface area contributed by atoms with E-state index in [-0.39, 0.29) is 39.0 Å². The number of hydrogen-bond donors (Lipinski definition) is 3. The van der Waals surface area contributed by atoms with Crippen LogP contribution >= 0.6 is 11.6 Å². The predicted molar refractivity (Wildman–Crippen MR) is 122 cm³/mol. The van der Waals surface area contributed by atoms with E-state index >= 15 is 0 Å². The largest absolute Gasteiger partial charge is 0.416 e. The molecule has 0 spiro atoms. The summed E-state index contributed by atoms with van der Waals surface area (Å²) in [6.07, 6.45) is -4.89. The third-order valence-electron chi connectivity index (χ3n) is 5.70. The molecule has 36 heavy (non-hydrogen) atoms. The number of rotatable bonds is 4. The van der Waals surface area contributed by atoms with Gasteiger partial charge in [0.15, 0.2) is 0 Å². The molecule has 0 unspecified atom stereocenters. The van der Waals surface area contributed by atoms with E-state index in [9.17, 15) is 36.6 Å². The lowest BCUT2D eigenvalue weighted by molar-refractivity contribution is -0.137. The molecular formula is C25H18ClF5N2O3. The summed E-state index contributed by atoms with van der Waals surface area (Å²) in [6.45, 7) is 2.85. The Labute approximate surface area is 206 Å². The quantitative estimate of drug-likeness (QED) is 0.369. The van der Waals surface area contributed by atoms with Gasteiger partial charge in [0.2, 0.25) is 0 Å². The van der Waals surface area contributed by atoms with Gasteiger partial charge in [0, 0.05) is 33.0 Å². The number of aliphatic hydroxyl groups is 1. The number of anilines is 1. The Morgan fingerprint density at radius 3 is 2.33 bits per heavy atom. The van der Waals surface area contributed by atoms with Crippen molar-refractivity contribution in [2.75, 3.05) is 5.32 Å². The summed E-state index contributed by atoms with van der Waals surface area (Å²) in [5.74, 6) is -3.62. The zero-order valence-corrected chi connectivity index (χ0v) is 19.5. The van der Waals surface area contributed by atoms with Crippen molar-refractivity contribution in [2.45, 2.75) is 31.7 Å². The van der Waals surface area contributed by atoms with E-state index in [1.165, 1.54) is 32.0 Å². The zero-order chi connectivity index (χ0) is 26.6. The minimum atomic E-state index is -4.89. The number of fused-ring (bicyclic) bond motifs is 1. The van der Waals surface area contributed by atoms with E-state index in [0.717, 1.165) is 12.1 Å². The number of alkyl halides is 3. The van der Waals surface area contributed by atoms with Crippen LogP contribution in [-0.4, -0.2) is 16.9 Å². The molecule has 0 fully saturated rings. The maximum Gasteiger partial charge on any atom is 0.416 e. The molecule has 3 aromatic rings. The number of carbonyl (C=O) groups is 2. The van der Waals surface area contributed by atoms with Gasteiger partial charge < -0.3 is 15.7 Å². The van der Waals surface area contributed by atoms with Gasteiger partial charge in [0.25, 0.3) is 11.8 Å². The molecule has 2 amide bonds. The molecule has 1 aliphatic heterocycles. The summed E-state index contributed by atoms with van der Waals surface area (Å²) < 4.78 is 67.3. The van der Waals surface area contributed by atoms with Gasteiger partial charge in [-0.05, 0) is 67.9 Å². The first-order valence-corrected chi connectivity index (χ1v) is 10.9. The molecule has 1 aliphatic rings. The molecule has 0 radical (unpaired) electrons. The van der Waals surface area contributed by atoms with Crippen LogP contribution in [0.3, 0.4) is 0 Å². The summed E-state index contributed by atoms with van der Waals surface area (Å²) in [6, 6.07) is 6.57. The molecule has 4 rings (SSSR count). The van der Waals surface area contributed by atoms with Gasteiger partial charge >= 0.3 is 6.18 Å². The second-order valence-electron chi connectivity index (χ2n) is 8.80. The highest BCUT2D eigenvalue weighted by molar-refractivity contribution is 6.31. The molecule has 0 saturated carbocycles. The Bertz CT molecular complexity index is 1400. The minimum absolute atomic E-state index is 0.0328. The van der Waals surface area contributed by atoms with Crippen LogP contribution in [0.25, 0.3) is 0 Å². The number of nitrogens with one attached hydrogen (secondary N) is 2. The molecule has 11 heteroatoms. The van der Waals surface area contributed by atoms with Gasteiger partial charge in [0.1, 0.15) is 11.6 Å². The monoisotopic (exact) mass is 524 g/mol. The smallest absolute Gasteiger partial charge is 0.386 e. The number of halogens is 6. The molecular weight excluding hydrogens is 507 g/mol. The summed E-state index contributed by atoms with van der Waals surface area (Å²) in [7, 11) is 0. The van der Waals surface area contributed by atoms with Crippen LogP contribution in [0.2, 0.25) is 5.02 Å². The minimum Gasteiger partial charge on any atom is -0.386 e. The molecule has 5 nitrogen and oxygen atoms in total. The van der Waals surface area contributed by atoms with Crippen LogP contribution in [0.1, 0.15) is 62.9 Å². The van der Waals surface area contributed by atoms with Crippen LogP contribution in [0.15, 0.2) is 48.5 Å². The van der Waals surface area contributed by atoms with Crippen molar-refractivity contribution in [3.8, 4) is 0 Å². The molecule has 0 saturated heterocycles. The second-order valence-corrected chi connectivity index (χ2v) is 9.20. The van der Waals surface area contributed by atoms with Gasteiger partial charge in [-0.3, -0.25) is 9.59 Å². The molecule has 188 valence electrons. The summed E-state index contributed by atoms with van der Waals surface area (Å²) >= 11 is 6.23. The van der Waals surface area contributed by atoms with E-state index < -0.39 is 52.4 Å². The standard InChI is InChI=1S/C25H18ClF5N2O3/c1-24(2,36)12-8-17-20(21(33-23(17)35)16-10-14(27)3-4-18(16)26)19(9-12)32-22(34)11-5-13(25(29,30)31)7-15(28)6-11/h3-10,21,36H,1-2H3,(H,32,34)(H,33,35)/t21-/m0/s1. The maximum atomic E-state index is 14.0. The lowest BCUT2D eigenvalue weighted by Gasteiger charge is -2.23. The predicted octanol–water partition coefficient (Wildman–Crippen LogP) is 5.95. The Hall–Kier alpha value is -3.50. The first-order valence-electron chi connectivity index (χ1n) is 10.5. The topological polar surface area (TPSA) is 78.4 Å². The number of carbonyl (C=O) groups excluding carboxylic acids is 2. The Balaban J connectivity index is 1.86. The lowest BCUT2D eigenvalue weighted by Crippen LogP contribution is -2.21. The van der Waals surface area contributed by atoms with Crippen LogP contribution < -0.4 is 10.6 Å². The van der Waals surface area contributed by atoms with E-state index in [1.54, 1.807) is 0 Å². The van der Waals surface area contributed by atoms with Gasteiger partial charge in [-0.25, -0.2) is 8.78 Å². The normalized spacial score (nSPS) is 15.5. The molecule has 0 bridgehead atoms. The highest BCUT2D eigenvalue weighted by Crippen LogP contribution is 2.41. The Morgan fingerprint density at radius 1 is 1.00 bits per heavy atom. The lowest BCUT2D eigenvalue weighted by atomic mass is 9.90. The average molecular weight is 525 g/mol. The highest BCUT2D eigenvalue weighted by atomic mass is 35.5. The van der Waals surface area contributed by atoms with Crippen LogP contribution in [0.5, 0.6) is 0 Å². The zero-order valence-electron chi connectivity index (χ0n) is 18.7. The number of amides is 2. The fourth-order valence-corrected chi connectivity index (χ4v) is 4.16. The molecule has 3 N–H and O–H groups in total. The van der Waals surface area contributed by atoms with Gasteiger partial charge in [-0.15, -0.1) is 0 Å². The van der Waals surface area contributed by atoms with Crippen LogP contribution in [0, 0.1) is 11.6 Å². The first kappa shape index (κ1) is 25.6. The van der Waals surface area contributed by atoms with Crippen molar-refractivity contribution in [3.63, 3.8) is 0 Å². The summed E-state index contributed by atoms with van der Waals surface area (Å²) in [4.78, 5) is 25.8. The summed E-state index contributed by atoms with van der Waals surface area (Å²) in [5, 5.41) is 15.7. The average Bonchev–Trinajstić information content (AvgIpc) is 3.10. The Morgan fingerprint density at radius 2 is 1.69 bits per heavy atom. The second kappa shape index (κ2) is 8.86. The van der Waals surface area contributed by atoms with Gasteiger partial charge in [-0.2, -0.15) is 13.2 Å². The summed E-state index contributed by atoms with van der Waals surface area (Å²) in [5.41, 5.74) is -2.96. The molecule has 3 aromatic carbocycles. The van der Waals surface area contributed by atoms with Gasteiger partial charge in [0.05, 0.1) is 17.2 Å². The van der Waals surface area contributed by atoms with Crippen molar-refractivity contribution in [3.05, 3.63) is 98.6 Å². The Kier molecular flexibility index (Phi) is 6.30. The van der Waals surface area contributed by atoms with E-state index in [1.807, 2.05) is 0 Å². The number of hydrogen-bond acceptors (Lipinski definition) is 3. The van der Waals surface area contributed by atoms with E-state index in [4.69, 9.17) is 11.6 Å². The van der Waals surface area contributed by atoms with Crippen molar-refractivity contribution < 1.29 is 36.6 Å². The highest BCUT2D eigenvalue weighted by Gasteiger charge is 2.37. The van der Waals surface area contributed by atoms with E-state index in [0.29, 0.717) is 12.1 Å². The maximum absolute atomic E-state index is 14.0. The fourth-order valence-electron chi connectivity index (χ4n) is 3.94. The molecule has 1 atom stereocenters. The van der Waals surface area contributed by atoms with Crippen LogP contribution in [0.4, 0.5) is 27.6 Å². The van der Waals surface area contributed by atoms with Crippen molar-refractivity contribution >= 4 is 29.1 Å². The van der Waals surface area contributed by atoms with Crippen LogP contribution in [-0.2, 0) is 11.8 Å². The first-order chi connectivity index (χ1) is 16.6. The van der Waals surface area contributed by atoms with Crippen molar-refractivity contribution in [2.24, 2.45) is 0 Å². The van der Waals surface area contributed by atoms with Crippen molar-refractivity contribution in [1.29, 1.82) is 0 Å². The molecule has 0 aromatic heterocycles. The fraction of sp³-hybridized carbons (Fsp3) is 0.200. The molecule has 0 aliphatic carbocycles. The van der Waals surface area contributed by atoms with Gasteiger partial charge in [-0.1, -0.05) is 11.6 Å². The third-order valence-corrected chi connectivity index (χ3v) is 6.04. The van der Waals surface area contributed by atoms with Crippen molar-refractivity contribution in [1.82, 2.24) is 5.32 Å². The molecule has 1 heterocycles. The van der Waals surface area contributed by atoms with E-state index in [2.05, 4.69) is 10.6 Å². The number of benzene rings is 3. The SMILES string of the molecule is CC(C)(O)c1cc(NC(=O)c2cc(F)cc(C(F)(F)F)c2)c2c(c1)C(=O)N[C@H]2c1cc(F)ccc1Cl. The third kappa shape index (κ3) is 4.91.